The molecule has 0 saturated carbocycles. The smallest absolute Gasteiger partial charge is 0.327 e. The second-order valence-electron chi connectivity index (χ2n) is 5.55. The molecule has 1 aromatic rings. The summed E-state index contributed by atoms with van der Waals surface area (Å²) in [5.41, 5.74) is 6.39. The molecule has 2 atom stereocenters. The highest BCUT2D eigenvalue weighted by Gasteiger charge is 2.30. The van der Waals surface area contributed by atoms with Crippen molar-refractivity contribution in [3.8, 4) is 0 Å². The highest BCUT2D eigenvalue weighted by Crippen LogP contribution is 2.29. The van der Waals surface area contributed by atoms with Crippen LogP contribution in [0, 0.1) is 5.92 Å². The Bertz CT molecular complexity index is 428. The number of nitrogens with zero attached hydrogens (tertiary/aromatic N) is 1. The van der Waals surface area contributed by atoms with Crippen molar-refractivity contribution in [2.75, 3.05) is 13.1 Å². The van der Waals surface area contributed by atoms with Gasteiger partial charge in [-0.1, -0.05) is 25.5 Å². The minimum Gasteiger partial charge on any atom is -0.327 e. The first kappa shape index (κ1) is 15.3. The van der Waals surface area contributed by atoms with E-state index in [1.807, 2.05) is 0 Å². The van der Waals surface area contributed by atoms with Gasteiger partial charge in [0.05, 0.1) is 5.56 Å². The van der Waals surface area contributed by atoms with Crippen LogP contribution in [0.4, 0.5) is 13.2 Å². The molecule has 0 aromatic heterocycles. The molecule has 0 aliphatic carbocycles. The number of hydrogen-bond acceptors (Lipinski definition) is 2. The first-order valence-corrected chi connectivity index (χ1v) is 7.04. The van der Waals surface area contributed by atoms with Crippen molar-refractivity contribution in [2.45, 2.75) is 38.5 Å². The molecule has 1 aliphatic rings. The number of rotatable bonds is 3. The van der Waals surface area contributed by atoms with E-state index in [0.29, 0.717) is 12.5 Å². The van der Waals surface area contributed by atoms with Crippen LogP contribution >= 0.6 is 0 Å². The van der Waals surface area contributed by atoms with E-state index >= 15 is 0 Å². The van der Waals surface area contributed by atoms with Gasteiger partial charge in [0.25, 0.3) is 0 Å². The second kappa shape index (κ2) is 6.14. The SMILES string of the molecule is CCC1CN(Cc2ccc(C(F)(F)F)cc2)CCC1N. The first-order chi connectivity index (χ1) is 9.40. The Hall–Kier alpha value is -1.07. The van der Waals surface area contributed by atoms with E-state index in [1.54, 1.807) is 12.1 Å². The molecule has 0 bridgehead atoms. The molecule has 0 amide bonds. The summed E-state index contributed by atoms with van der Waals surface area (Å²) < 4.78 is 37.5. The van der Waals surface area contributed by atoms with E-state index in [-0.39, 0.29) is 6.04 Å². The summed E-state index contributed by atoms with van der Waals surface area (Å²) in [5, 5.41) is 0. The monoisotopic (exact) mass is 286 g/mol. The van der Waals surface area contributed by atoms with Gasteiger partial charge < -0.3 is 5.73 Å². The van der Waals surface area contributed by atoms with E-state index in [9.17, 15) is 13.2 Å². The van der Waals surface area contributed by atoms with Gasteiger partial charge in [-0.25, -0.2) is 0 Å². The number of piperidine rings is 1. The van der Waals surface area contributed by atoms with Crippen molar-refractivity contribution in [3.05, 3.63) is 35.4 Å². The molecule has 1 heterocycles. The number of hydrogen-bond donors (Lipinski definition) is 1. The zero-order valence-electron chi connectivity index (χ0n) is 11.7. The number of nitrogens with two attached hydrogens (primary N) is 1. The van der Waals surface area contributed by atoms with Crippen LogP contribution in [-0.4, -0.2) is 24.0 Å². The van der Waals surface area contributed by atoms with Gasteiger partial charge in [0.1, 0.15) is 0 Å². The zero-order chi connectivity index (χ0) is 14.8. The molecule has 2 N–H and O–H groups in total. The third-order valence-electron chi connectivity index (χ3n) is 4.09. The second-order valence-corrected chi connectivity index (χ2v) is 5.55. The average Bonchev–Trinajstić information content (AvgIpc) is 2.40. The lowest BCUT2D eigenvalue weighted by molar-refractivity contribution is -0.137. The van der Waals surface area contributed by atoms with Gasteiger partial charge in [0, 0.05) is 19.1 Å². The normalized spacial score (nSPS) is 24.9. The summed E-state index contributed by atoms with van der Waals surface area (Å²) in [7, 11) is 0. The van der Waals surface area contributed by atoms with Crippen LogP contribution in [0.3, 0.4) is 0 Å². The van der Waals surface area contributed by atoms with Gasteiger partial charge in [-0.15, -0.1) is 0 Å². The molecule has 1 aliphatic heterocycles. The molecule has 1 saturated heterocycles. The van der Waals surface area contributed by atoms with E-state index in [2.05, 4.69) is 11.8 Å². The van der Waals surface area contributed by atoms with E-state index in [1.165, 1.54) is 0 Å². The standard InChI is InChI=1S/C15H21F3N2/c1-2-12-10-20(8-7-14(12)19)9-11-3-5-13(6-4-11)15(16,17)18/h3-6,12,14H,2,7-10,19H2,1H3. The predicted molar refractivity (Wildman–Crippen MR) is 73.1 cm³/mol. The minimum absolute atomic E-state index is 0.254. The van der Waals surface area contributed by atoms with Gasteiger partial charge in [0.2, 0.25) is 0 Å². The fraction of sp³-hybridized carbons (Fsp3) is 0.600. The van der Waals surface area contributed by atoms with Crippen molar-refractivity contribution >= 4 is 0 Å². The lowest BCUT2D eigenvalue weighted by Crippen LogP contribution is -2.46. The summed E-state index contributed by atoms with van der Waals surface area (Å²) in [6.45, 7) is 4.67. The van der Waals surface area contributed by atoms with Gasteiger partial charge in [-0.3, -0.25) is 4.90 Å². The molecule has 0 radical (unpaired) electrons. The number of benzene rings is 1. The van der Waals surface area contributed by atoms with Crippen molar-refractivity contribution in [1.29, 1.82) is 0 Å². The molecular formula is C15H21F3N2. The maximum atomic E-state index is 12.5. The van der Waals surface area contributed by atoms with Crippen molar-refractivity contribution in [3.63, 3.8) is 0 Å². The molecule has 1 fully saturated rings. The molecule has 20 heavy (non-hydrogen) atoms. The minimum atomic E-state index is -4.26. The third kappa shape index (κ3) is 3.73. The van der Waals surface area contributed by atoms with Crippen LogP contribution in [0.2, 0.25) is 0 Å². The molecule has 1 aromatic carbocycles. The van der Waals surface area contributed by atoms with Crippen LogP contribution in [0.15, 0.2) is 24.3 Å². The molecule has 2 unspecified atom stereocenters. The van der Waals surface area contributed by atoms with Gasteiger partial charge in [-0.2, -0.15) is 13.2 Å². The lowest BCUT2D eigenvalue weighted by Gasteiger charge is -2.36. The summed E-state index contributed by atoms with van der Waals surface area (Å²) in [5.74, 6) is 0.484. The molecule has 5 heteroatoms. The zero-order valence-corrected chi connectivity index (χ0v) is 11.7. The van der Waals surface area contributed by atoms with Crippen LogP contribution in [0.1, 0.15) is 30.9 Å². The molecular weight excluding hydrogens is 265 g/mol. The van der Waals surface area contributed by atoms with Crippen molar-refractivity contribution < 1.29 is 13.2 Å². The van der Waals surface area contributed by atoms with Crippen LogP contribution in [0.5, 0.6) is 0 Å². The average molecular weight is 286 g/mol. The Morgan fingerprint density at radius 2 is 1.90 bits per heavy atom. The third-order valence-corrected chi connectivity index (χ3v) is 4.09. The summed E-state index contributed by atoms with van der Waals surface area (Å²) in [4.78, 5) is 2.28. The van der Waals surface area contributed by atoms with Crippen LogP contribution < -0.4 is 5.73 Å². The number of likely N-dealkylation sites (tertiary alicyclic amines) is 1. The number of alkyl halides is 3. The predicted octanol–water partition coefficient (Wildman–Crippen LogP) is 3.26. The Kier molecular flexibility index (Phi) is 4.70. The summed E-state index contributed by atoms with van der Waals surface area (Å²) in [6, 6.07) is 5.70. The van der Waals surface area contributed by atoms with Crippen LogP contribution in [-0.2, 0) is 12.7 Å². The van der Waals surface area contributed by atoms with Crippen molar-refractivity contribution in [2.24, 2.45) is 11.7 Å². The maximum absolute atomic E-state index is 12.5. The molecule has 2 rings (SSSR count). The highest BCUT2D eigenvalue weighted by molar-refractivity contribution is 5.24. The maximum Gasteiger partial charge on any atom is 0.416 e. The van der Waals surface area contributed by atoms with E-state index in [4.69, 9.17) is 5.73 Å². The van der Waals surface area contributed by atoms with E-state index in [0.717, 1.165) is 43.6 Å². The Balaban J connectivity index is 1.97. The lowest BCUT2D eigenvalue weighted by atomic mass is 9.90. The molecule has 2 nitrogen and oxygen atoms in total. The quantitative estimate of drug-likeness (QED) is 0.924. The number of halogens is 3. The fourth-order valence-electron chi connectivity index (χ4n) is 2.76. The van der Waals surface area contributed by atoms with Crippen molar-refractivity contribution in [1.82, 2.24) is 4.90 Å². The highest BCUT2D eigenvalue weighted by atomic mass is 19.4. The van der Waals surface area contributed by atoms with E-state index < -0.39 is 11.7 Å². The molecule has 0 spiro atoms. The van der Waals surface area contributed by atoms with Crippen LogP contribution in [0.25, 0.3) is 0 Å². The fourth-order valence-corrected chi connectivity index (χ4v) is 2.76. The first-order valence-electron chi connectivity index (χ1n) is 7.04. The Morgan fingerprint density at radius 3 is 2.45 bits per heavy atom. The van der Waals surface area contributed by atoms with Gasteiger partial charge in [0.15, 0.2) is 0 Å². The molecule has 112 valence electrons. The summed E-state index contributed by atoms with van der Waals surface area (Å²) in [6.07, 6.45) is -2.26. The largest absolute Gasteiger partial charge is 0.416 e. The Labute approximate surface area is 117 Å². The van der Waals surface area contributed by atoms with Gasteiger partial charge >= 0.3 is 6.18 Å². The summed E-state index contributed by atoms with van der Waals surface area (Å²) >= 11 is 0. The van der Waals surface area contributed by atoms with Gasteiger partial charge in [-0.05, 0) is 36.6 Å². The topological polar surface area (TPSA) is 29.3 Å². The Morgan fingerprint density at radius 1 is 1.25 bits per heavy atom.